The molecular weight excluding hydrogens is 324 g/mol. The number of nitrogens with zero attached hydrogens (tertiary/aromatic N) is 3. The van der Waals surface area contributed by atoms with Crippen molar-refractivity contribution >= 4 is 17.2 Å². The normalized spacial score (nSPS) is 11.2. The number of fused-ring (bicyclic) bond motifs is 1. The molecule has 1 amide bonds. The smallest absolute Gasteiger partial charge is 0.224 e. The SMILES string of the molecule is Cc1cc(C)c(NC(=O)CCc2c(C)nc3cc(C)nn3c2C)c(C)c1. The van der Waals surface area contributed by atoms with Gasteiger partial charge in [-0.15, -0.1) is 0 Å². The Morgan fingerprint density at radius 3 is 2.35 bits per heavy atom. The first-order valence-corrected chi connectivity index (χ1v) is 8.96. The van der Waals surface area contributed by atoms with Gasteiger partial charge in [-0.3, -0.25) is 4.79 Å². The number of hydrogen-bond acceptors (Lipinski definition) is 3. The lowest BCUT2D eigenvalue weighted by molar-refractivity contribution is -0.116. The Hall–Kier alpha value is -2.69. The van der Waals surface area contributed by atoms with Crippen LogP contribution in [0.25, 0.3) is 5.65 Å². The molecule has 0 aliphatic rings. The standard InChI is InChI=1S/C21H26N4O/c1-12-9-13(2)21(14(3)10-12)23-20(26)8-7-18-16(5)22-19-11-15(4)24-25(19)17(18)6/h9-11H,7-8H2,1-6H3,(H,23,26). The fourth-order valence-corrected chi connectivity index (χ4v) is 3.62. The van der Waals surface area contributed by atoms with Gasteiger partial charge in [-0.1, -0.05) is 17.7 Å². The highest BCUT2D eigenvalue weighted by Gasteiger charge is 2.14. The van der Waals surface area contributed by atoms with Gasteiger partial charge in [0.05, 0.1) is 5.69 Å². The highest BCUT2D eigenvalue weighted by molar-refractivity contribution is 5.92. The van der Waals surface area contributed by atoms with Crippen LogP contribution in [0.3, 0.4) is 0 Å². The van der Waals surface area contributed by atoms with Gasteiger partial charge in [0.2, 0.25) is 5.91 Å². The molecule has 0 spiro atoms. The monoisotopic (exact) mass is 350 g/mol. The van der Waals surface area contributed by atoms with Crippen LogP contribution in [0.5, 0.6) is 0 Å². The summed E-state index contributed by atoms with van der Waals surface area (Å²) >= 11 is 0. The lowest BCUT2D eigenvalue weighted by atomic mass is 10.0. The van der Waals surface area contributed by atoms with Gasteiger partial charge in [-0.25, -0.2) is 9.50 Å². The maximum absolute atomic E-state index is 12.5. The Bertz CT molecular complexity index is 978. The summed E-state index contributed by atoms with van der Waals surface area (Å²) in [6.07, 6.45) is 1.07. The quantitative estimate of drug-likeness (QED) is 0.769. The summed E-state index contributed by atoms with van der Waals surface area (Å²) in [6.45, 7) is 12.1. The topological polar surface area (TPSA) is 59.3 Å². The Morgan fingerprint density at radius 1 is 1.04 bits per heavy atom. The number of anilines is 1. The van der Waals surface area contributed by atoms with E-state index in [1.165, 1.54) is 5.56 Å². The molecule has 0 unspecified atom stereocenters. The van der Waals surface area contributed by atoms with Gasteiger partial charge in [0.25, 0.3) is 0 Å². The van der Waals surface area contributed by atoms with E-state index in [0.29, 0.717) is 12.8 Å². The highest BCUT2D eigenvalue weighted by Crippen LogP contribution is 2.23. The van der Waals surface area contributed by atoms with E-state index >= 15 is 0 Å². The molecule has 0 fully saturated rings. The van der Waals surface area contributed by atoms with Crippen LogP contribution >= 0.6 is 0 Å². The average molecular weight is 350 g/mol. The first kappa shape index (κ1) is 18.1. The lowest BCUT2D eigenvalue weighted by Gasteiger charge is -2.14. The molecule has 2 heterocycles. The summed E-state index contributed by atoms with van der Waals surface area (Å²) in [7, 11) is 0. The molecule has 5 heteroatoms. The predicted molar refractivity (Wildman–Crippen MR) is 105 cm³/mol. The molecule has 3 aromatic rings. The molecule has 1 N–H and O–H groups in total. The largest absolute Gasteiger partial charge is 0.326 e. The highest BCUT2D eigenvalue weighted by atomic mass is 16.1. The van der Waals surface area contributed by atoms with E-state index in [9.17, 15) is 4.79 Å². The van der Waals surface area contributed by atoms with Gasteiger partial charge in [0.1, 0.15) is 0 Å². The van der Waals surface area contributed by atoms with E-state index in [2.05, 4.69) is 34.5 Å². The second-order valence-electron chi connectivity index (χ2n) is 7.14. The van der Waals surface area contributed by atoms with Crippen molar-refractivity contribution in [2.45, 2.75) is 54.4 Å². The number of benzene rings is 1. The van der Waals surface area contributed by atoms with E-state index < -0.39 is 0 Å². The van der Waals surface area contributed by atoms with Crippen LogP contribution in [-0.4, -0.2) is 20.5 Å². The molecule has 136 valence electrons. The second-order valence-corrected chi connectivity index (χ2v) is 7.14. The summed E-state index contributed by atoms with van der Waals surface area (Å²) in [4.78, 5) is 17.1. The predicted octanol–water partition coefficient (Wildman–Crippen LogP) is 4.15. The fourth-order valence-electron chi connectivity index (χ4n) is 3.62. The van der Waals surface area contributed by atoms with E-state index in [1.807, 2.05) is 45.2 Å². The van der Waals surface area contributed by atoms with Gasteiger partial charge in [-0.2, -0.15) is 5.10 Å². The molecular formula is C21H26N4O. The third kappa shape index (κ3) is 3.47. The van der Waals surface area contributed by atoms with Gasteiger partial charge in [-0.05, 0) is 64.7 Å². The Kier molecular flexibility index (Phi) is 4.81. The van der Waals surface area contributed by atoms with Crippen LogP contribution in [0.1, 0.15) is 45.8 Å². The number of hydrogen-bond donors (Lipinski definition) is 1. The molecule has 0 atom stereocenters. The van der Waals surface area contributed by atoms with Gasteiger partial charge in [0.15, 0.2) is 5.65 Å². The van der Waals surface area contributed by atoms with Crippen molar-refractivity contribution in [3.63, 3.8) is 0 Å². The molecule has 5 nitrogen and oxygen atoms in total. The average Bonchev–Trinajstić information content (AvgIpc) is 2.91. The molecule has 0 saturated carbocycles. The van der Waals surface area contributed by atoms with Crippen LogP contribution < -0.4 is 5.32 Å². The van der Waals surface area contributed by atoms with E-state index in [-0.39, 0.29) is 5.91 Å². The third-order valence-corrected chi connectivity index (χ3v) is 4.83. The lowest BCUT2D eigenvalue weighted by Crippen LogP contribution is -2.15. The summed E-state index contributed by atoms with van der Waals surface area (Å²) in [6, 6.07) is 6.16. The second kappa shape index (κ2) is 6.90. The van der Waals surface area contributed by atoms with Crippen molar-refractivity contribution in [3.05, 3.63) is 57.5 Å². The third-order valence-electron chi connectivity index (χ3n) is 4.83. The van der Waals surface area contributed by atoms with E-state index in [0.717, 1.165) is 45.1 Å². The van der Waals surface area contributed by atoms with Gasteiger partial charge < -0.3 is 5.32 Å². The van der Waals surface area contributed by atoms with E-state index in [1.54, 1.807) is 0 Å². The number of aryl methyl sites for hydroxylation is 6. The zero-order valence-corrected chi connectivity index (χ0v) is 16.4. The molecule has 0 bridgehead atoms. The summed E-state index contributed by atoms with van der Waals surface area (Å²) in [5, 5.41) is 7.57. The van der Waals surface area contributed by atoms with Gasteiger partial charge >= 0.3 is 0 Å². The minimum Gasteiger partial charge on any atom is -0.326 e. The maximum atomic E-state index is 12.5. The number of amides is 1. The number of nitrogens with one attached hydrogen (secondary N) is 1. The maximum Gasteiger partial charge on any atom is 0.224 e. The molecule has 1 aromatic carbocycles. The van der Waals surface area contributed by atoms with E-state index in [4.69, 9.17) is 0 Å². The zero-order chi connectivity index (χ0) is 19.0. The number of rotatable bonds is 4. The molecule has 3 rings (SSSR count). The number of aromatic nitrogens is 3. The number of carbonyl (C=O) groups is 1. The minimum absolute atomic E-state index is 0.0237. The Morgan fingerprint density at radius 2 is 1.69 bits per heavy atom. The van der Waals surface area contributed by atoms with Crippen molar-refractivity contribution in [2.75, 3.05) is 5.32 Å². The van der Waals surface area contributed by atoms with Crippen LogP contribution in [0.15, 0.2) is 18.2 Å². The zero-order valence-electron chi connectivity index (χ0n) is 16.4. The fraction of sp³-hybridized carbons (Fsp3) is 0.381. The minimum atomic E-state index is 0.0237. The summed E-state index contributed by atoms with van der Waals surface area (Å²) in [5.41, 5.74) is 9.23. The van der Waals surface area contributed by atoms with Crippen LogP contribution in [0.2, 0.25) is 0 Å². The van der Waals surface area contributed by atoms with Crippen LogP contribution in [0.4, 0.5) is 5.69 Å². The molecule has 0 saturated heterocycles. The Balaban J connectivity index is 1.77. The van der Waals surface area contributed by atoms with Crippen LogP contribution in [-0.2, 0) is 11.2 Å². The number of carbonyl (C=O) groups excluding carboxylic acids is 1. The van der Waals surface area contributed by atoms with Crippen molar-refractivity contribution in [1.82, 2.24) is 14.6 Å². The molecule has 0 radical (unpaired) electrons. The van der Waals surface area contributed by atoms with Gasteiger partial charge in [0, 0.05) is 29.6 Å². The van der Waals surface area contributed by atoms with Crippen LogP contribution in [0, 0.1) is 41.5 Å². The molecule has 2 aromatic heterocycles. The molecule has 26 heavy (non-hydrogen) atoms. The van der Waals surface area contributed by atoms with Crippen molar-refractivity contribution in [3.8, 4) is 0 Å². The van der Waals surface area contributed by atoms with Crippen molar-refractivity contribution in [1.29, 1.82) is 0 Å². The first-order valence-electron chi connectivity index (χ1n) is 8.96. The first-order chi connectivity index (χ1) is 12.3. The molecule has 0 aliphatic heterocycles. The molecule has 0 aliphatic carbocycles. The summed E-state index contributed by atoms with van der Waals surface area (Å²) < 4.78 is 1.86. The van der Waals surface area contributed by atoms with Crippen molar-refractivity contribution in [2.24, 2.45) is 0 Å². The van der Waals surface area contributed by atoms with Crippen molar-refractivity contribution < 1.29 is 4.79 Å². The Labute approximate surface area is 154 Å². The summed E-state index contributed by atoms with van der Waals surface area (Å²) in [5.74, 6) is 0.0237.